The molecule has 0 bridgehead atoms. The minimum atomic E-state index is 0.277. The number of ether oxygens (including phenoxy) is 3. The molecule has 1 heterocycles. The Labute approximate surface area is 126 Å². The predicted octanol–water partition coefficient (Wildman–Crippen LogP) is 2.95. The molecule has 114 valence electrons. The molecule has 0 saturated carbocycles. The average molecular weight is 289 g/mol. The van der Waals surface area contributed by atoms with Gasteiger partial charge in [0.25, 0.3) is 0 Å². The fourth-order valence-electron chi connectivity index (χ4n) is 2.07. The van der Waals surface area contributed by atoms with E-state index in [4.69, 9.17) is 14.2 Å². The molecule has 0 aliphatic carbocycles. The molecule has 0 fully saturated rings. The fraction of sp³-hybridized carbons (Fsp3) is 0.529. The molecule has 1 aliphatic rings. The van der Waals surface area contributed by atoms with Crippen LogP contribution in [-0.2, 0) is 6.54 Å². The molecule has 4 nitrogen and oxygen atoms in total. The Morgan fingerprint density at radius 3 is 2.76 bits per heavy atom. The maximum absolute atomic E-state index is 5.84. The first-order valence-electron chi connectivity index (χ1n) is 7.36. The highest BCUT2D eigenvalue weighted by atomic mass is 16.7. The van der Waals surface area contributed by atoms with Gasteiger partial charge in [-0.25, -0.2) is 0 Å². The molecule has 0 unspecified atom stereocenters. The van der Waals surface area contributed by atoms with Gasteiger partial charge >= 0.3 is 0 Å². The van der Waals surface area contributed by atoms with Gasteiger partial charge in [-0.15, -0.1) is 11.8 Å². The summed E-state index contributed by atoms with van der Waals surface area (Å²) in [5.41, 5.74) is 1.09. The fourth-order valence-corrected chi connectivity index (χ4v) is 2.07. The molecule has 0 saturated heterocycles. The van der Waals surface area contributed by atoms with Gasteiger partial charge in [-0.05, 0) is 25.5 Å². The zero-order chi connectivity index (χ0) is 15.1. The van der Waals surface area contributed by atoms with Gasteiger partial charge in [-0.2, -0.15) is 0 Å². The third kappa shape index (κ3) is 4.57. The Kier molecular flexibility index (Phi) is 5.77. The second-order valence-corrected chi connectivity index (χ2v) is 5.36. The van der Waals surface area contributed by atoms with Crippen molar-refractivity contribution in [2.24, 2.45) is 5.92 Å². The zero-order valence-electron chi connectivity index (χ0n) is 13.0. The number of fused-ring (bicyclic) bond motifs is 1. The first-order chi connectivity index (χ1) is 10.2. The number of hydrogen-bond donors (Lipinski definition) is 1. The van der Waals surface area contributed by atoms with Crippen LogP contribution in [0.15, 0.2) is 12.1 Å². The number of benzene rings is 1. The minimum Gasteiger partial charge on any atom is -0.492 e. The van der Waals surface area contributed by atoms with Crippen molar-refractivity contribution in [3.05, 3.63) is 17.7 Å². The molecule has 0 spiro atoms. The molecule has 2 rings (SSSR count). The van der Waals surface area contributed by atoms with Crippen LogP contribution in [0.25, 0.3) is 0 Å². The highest BCUT2D eigenvalue weighted by Gasteiger charge is 2.18. The lowest BCUT2D eigenvalue weighted by atomic mass is 10.1. The van der Waals surface area contributed by atoms with E-state index in [1.165, 1.54) is 0 Å². The molecule has 1 aliphatic heterocycles. The van der Waals surface area contributed by atoms with E-state index >= 15 is 0 Å². The highest BCUT2D eigenvalue weighted by Crippen LogP contribution is 2.38. The number of hydrogen-bond acceptors (Lipinski definition) is 4. The minimum absolute atomic E-state index is 0.277. The van der Waals surface area contributed by atoms with Crippen molar-refractivity contribution >= 4 is 0 Å². The van der Waals surface area contributed by atoms with E-state index < -0.39 is 0 Å². The molecule has 21 heavy (non-hydrogen) atoms. The lowest BCUT2D eigenvalue weighted by Crippen LogP contribution is -2.19. The van der Waals surface area contributed by atoms with Crippen LogP contribution in [0.3, 0.4) is 0 Å². The molecule has 1 N–H and O–H groups in total. The van der Waals surface area contributed by atoms with Crippen LogP contribution in [0.1, 0.15) is 32.8 Å². The first-order valence-corrected chi connectivity index (χ1v) is 7.36. The van der Waals surface area contributed by atoms with Crippen LogP contribution in [0.2, 0.25) is 0 Å². The van der Waals surface area contributed by atoms with Gasteiger partial charge in [0.1, 0.15) is 5.75 Å². The van der Waals surface area contributed by atoms with Gasteiger partial charge in [-0.1, -0.05) is 13.8 Å². The first kappa shape index (κ1) is 15.5. The molecule has 0 aromatic heterocycles. The third-order valence-electron chi connectivity index (χ3n) is 3.09. The van der Waals surface area contributed by atoms with Gasteiger partial charge < -0.3 is 19.5 Å². The van der Waals surface area contributed by atoms with E-state index in [-0.39, 0.29) is 6.79 Å². The Bertz CT molecular complexity index is 529. The van der Waals surface area contributed by atoms with Gasteiger partial charge in [0.05, 0.1) is 6.61 Å². The Morgan fingerprint density at radius 1 is 1.29 bits per heavy atom. The molecular formula is C17H23NO3. The molecule has 0 amide bonds. The Balaban J connectivity index is 2.05. The molecule has 0 atom stereocenters. The van der Waals surface area contributed by atoms with Crippen LogP contribution < -0.4 is 19.5 Å². The molecular weight excluding hydrogens is 266 g/mol. The monoisotopic (exact) mass is 289 g/mol. The Hall–Kier alpha value is -1.86. The van der Waals surface area contributed by atoms with Gasteiger partial charge in [-0.3, -0.25) is 0 Å². The summed E-state index contributed by atoms with van der Waals surface area (Å²) in [5, 5.41) is 3.43. The van der Waals surface area contributed by atoms with Crippen molar-refractivity contribution in [3.63, 3.8) is 0 Å². The summed E-state index contributed by atoms with van der Waals surface area (Å²) in [7, 11) is 0. The van der Waals surface area contributed by atoms with Crippen LogP contribution in [0.5, 0.6) is 17.2 Å². The molecule has 4 heteroatoms. The maximum Gasteiger partial charge on any atom is 0.231 e. The summed E-state index contributed by atoms with van der Waals surface area (Å²) < 4.78 is 16.7. The quantitative estimate of drug-likeness (QED) is 0.619. The van der Waals surface area contributed by atoms with Crippen molar-refractivity contribution in [2.45, 2.75) is 33.7 Å². The predicted molar refractivity (Wildman–Crippen MR) is 82.7 cm³/mol. The zero-order valence-corrected chi connectivity index (χ0v) is 13.0. The third-order valence-corrected chi connectivity index (χ3v) is 3.09. The molecule has 1 aromatic carbocycles. The van der Waals surface area contributed by atoms with Crippen molar-refractivity contribution in [1.29, 1.82) is 0 Å². The Morgan fingerprint density at radius 2 is 2.05 bits per heavy atom. The number of rotatable bonds is 7. The maximum atomic E-state index is 5.84. The van der Waals surface area contributed by atoms with Crippen LogP contribution >= 0.6 is 0 Å². The summed E-state index contributed by atoms with van der Waals surface area (Å²) >= 11 is 0. The van der Waals surface area contributed by atoms with Crippen LogP contribution in [0, 0.1) is 17.8 Å². The van der Waals surface area contributed by atoms with Gasteiger partial charge in [0.15, 0.2) is 11.5 Å². The van der Waals surface area contributed by atoms with E-state index in [0.717, 1.165) is 42.3 Å². The lowest BCUT2D eigenvalue weighted by Gasteiger charge is -2.13. The average Bonchev–Trinajstić information content (AvgIpc) is 2.90. The standard InChI is InChI=1S/C17H23NO3/c1-4-5-6-7-19-15-9-17-16(20-12-21-17)8-14(15)11-18-10-13(2)3/h8-9,13,18H,6-7,10-12H2,1-3H3. The van der Waals surface area contributed by atoms with Crippen LogP contribution in [0.4, 0.5) is 0 Å². The largest absolute Gasteiger partial charge is 0.492 e. The molecule has 0 radical (unpaired) electrons. The summed E-state index contributed by atoms with van der Waals surface area (Å²) in [5.74, 6) is 8.87. The van der Waals surface area contributed by atoms with E-state index in [0.29, 0.717) is 12.5 Å². The summed E-state index contributed by atoms with van der Waals surface area (Å²) in [6, 6.07) is 3.91. The second kappa shape index (κ2) is 7.80. The topological polar surface area (TPSA) is 39.7 Å². The van der Waals surface area contributed by atoms with Gasteiger partial charge in [0, 0.05) is 24.6 Å². The van der Waals surface area contributed by atoms with Crippen molar-refractivity contribution in [2.75, 3.05) is 19.9 Å². The second-order valence-electron chi connectivity index (χ2n) is 5.36. The lowest BCUT2D eigenvalue weighted by molar-refractivity contribution is 0.173. The van der Waals surface area contributed by atoms with Crippen molar-refractivity contribution in [1.82, 2.24) is 5.32 Å². The smallest absolute Gasteiger partial charge is 0.231 e. The van der Waals surface area contributed by atoms with Gasteiger partial charge in [0.2, 0.25) is 6.79 Å². The normalized spacial score (nSPS) is 12.2. The van der Waals surface area contributed by atoms with Crippen LogP contribution in [-0.4, -0.2) is 19.9 Å². The molecule has 1 aromatic rings. The summed E-state index contributed by atoms with van der Waals surface area (Å²) in [4.78, 5) is 0. The highest BCUT2D eigenvalue weighted by molar-refractivity contribution is 5.51. The SMILES string of the molecule is CC#CCCOc1cc2c(cc1CNCC(C)C)OCO2. The van der Waals surface area contributed by atoms with E-state index in [9.17, 15) is 0 Å². The van der Waals surface area contributed by atoms with E-state index in [2.05, 4.69) is 31.0 Å². The summed E-state index contributed by atoms with van der Waals surface area (Å²) in [6.07, 6.45) is 0.726. The van der Waals surface area contributed by atoms with E-state index in [1.807, 2.05) is 19.1 Å². The van der Waals surface area contributed by atoms with E-state index in [1.54, 1.807) is 0 Å². The number of nitrogens with one attached hydrogen (secondary N) is 1. The van der Waals surface area contributed by atoms with Crippen molar-refractivity contribution < 1.29 is 14.2 Å². The van der Waals surface area contributed by atoms with Crippen molar-refractivity contribution in [3.8, 4) is 29.1 Å². The summed E-state index contributed by atoms with van der Waals surface area (Å²) in [6.45, 7) is 8.79.